The Labute approximate surface area is 371 Å². The van der Waals surface area contributed by atoms with Crippen molar-refractivity contribution >= 4 is 11.9 Å². The number of hydrogen-bond acceptors (Lipinski definition) is 5. The van der Waals surface area contributed by atoms with Gasteiger partial charge in [-0.1, -0.05) is 229 Å². The van der Waals surface area contributed by atoms with Crippen molar-refractivity contribution < 1.29 is 24.5 Å². The molecule has 0 aromatic carbocycles. The first-order valence-corrected chi connectivity index (χ1v) is 25.6. The number of carbonyl (C=O) groups is 2. The summed E-state index contributed by atoms with van der Waals surface area (Å²) in [5.74, 6) is -0.518. The average Bonchev–Trinajstić information content (AvgIpc) is 3.24. The van der Waals surface area contributed by atoms with Gasteiger partial charge in [-0.3, -0.25) is 9.59 Å². The molecular formula is C54H97NO5. The van der Waals surface area contributed by atoms with Crippen molar-refractivity contribution in [1.82, 2.24) is 5.32 Å². The minimum absolute atomic E-state index is 0.0555. The summed E-state index contributed by atoms with van der Waals surface area (Å²) in [6.45, 7) is 6.30. The van der Waals surface area contributed by atoms with E-state index in [1.807, 2.05) is 18.2 Å². The lowest BCUT2D eigenvalue weighted by Gasteiger charge is -2.24. The van der Waals surface area contributed by atoms with Crippen LogP contribution in [0.1, 0.15) is 245 Å². The molecule has 6 nitrogen and oxygen atoms in total. The highest BCUT2D eigenvalue weighted by atomic mass is 16.5. The number of rotatable bonds is 45. The number of carbonyl (C=O) groups excluding carboxylic acids is 2. The van der Waals surface area contributed by atoms with E-state index in [9.17, 15) is 19.8 Å². The van der Waals surface area contributed by atoms with Gasteiger partial charge in [0.25, 0.3) is 0 Å². The zero-order chi connectivity index (χ0) is 43.8. The first-order valence-electron chi connectivity index (χ1n) is 25.6. The predicted molar refractivity (Wildman–Crippen MR) is 259 cm³/mol. The molecular weight excluding hydrogens is 743 g/mol. The number of allylic oxidation sites excluding steroid dienone is 10. The van der Waals surface area contributed by atoms with Crippen LogP contribution in [-0.4, -0.2) is 46.9 Å². The highest BCUT2D eigenvalue weighted by Gasteiger charge is 2.24. The fourth-order valence-electron chi connectivity index (χ4n) is 7.54. The number of aliphatic hydroxyl groups is 2. The molecule has 0 aromatic rings. The fourth-order valence-corrected chi connectivity index (χ4v) is 7.54. The number of amides is 1. The lowest BCUT2D eigenvalue weighted by atomic mass is 10.0. The van der Waals surface area contributed by atoms with Gasteiger partial charge in [-0.25, -0.2) is 0 Å². The Balaban J connectivity index is 4.47. The van der Waals surface area contributed by atoms with E-state index >= 15 is 0 Å². The van der Waals surface area contributed by atoms with E-state index < -0.39 is 18.2 Å². The smallest absolute Gasteiger partial charge is 0.306 e. The molecule has 0 bridgehead atoms. The Morgan fingerprint density at radius 2 is 0.933 bits per heavy atom. The minimum atomic E-state index is -0.796. The van der Waals surface area contributed by atoms with Crippen LogP contribution in [0.3, 0.4) is 0 Å². The molecule has 3 atom stereocenters. The second-order valence-electron chi connectivity index (χ2n) is 17.3. The maximum atomic E-state index is 13.2. The van der Waals surface area contributed by atoms with Gasteiger partial charge in [0.15, 0.2) is 0 Å². The van der Waals surface area contributed by atoms with Crippen molar-refractivity contribution in [3.63, 3.8) is 0 Å². The van der Waals surface area contributed by atoms with Crippen LogP contribution < -0.4 is 5.32 Å². The Bertz CT molecular complexity index is 1080. The van der Waals surface area contributed by atoms with Gasteiger partial charge in [0.2, 0.25) is 5.91 Å². The summed E-state index contributed by atoms with van der Waals surface area (Å²) >= 11 is 0. The monoisotopic (exact) mass is 840 g/mol. The van der Waals surface area contributed by atoms with Gasteiger partial charge in [-0.2, -0.15) is 0 Å². The van der Waals surface area contributed by atoms with Crippen LogP contribution in [0.5, 0.6) is 0 Å². The Morgan fingerprint density at radius 3 is 1.48 bits per heavy atom. The molecule has 0 saturated heterocycles. The molecule has 6 heteroatoms. The normalized spacial score (nSPS) is 13.8. The molecule has 0 aliphatic rings. The van der Waals surface area contributed by atoms with Gasteiger partial charge < -0.3 is 20.3 Å². The Hall–Kier alpha value is -2.44. The molecule has 3 unspecified atom stereocenters. The van der Waals surface area contributed by atoms with Crippen LogP contribution in [0.15, 0.2) is 60.8 Å². The van der Waals surface area contributed by atoms with E-state index in [-0.39, 0.29) is 24.9 Å². The molecule has 0 rings (SSSR count). The van der Waals surface area contributed by atoms with Gasteiger partial charge in [0.1, 0.15) is 6.10 Å². The topological polar surface area (TPSA) is 95.9 Å². The average molecular weight is 840 g/mol. The molecule has 0 fully saturated rings. The van der Waals surface area contributed by atoms with Gasteiger partial charge in [-0.15, -0.1) is 0 Å². The second-order valence-corrected chi connectivity index (χ2v) is 17.3. The molecule has 0 radical (unpaired) electrons. The van der Waals surface area contributed by atoms with Crippen molar-refractivity contribution in [3.05, 3.63) is 60.8 Å². The quantitative estimate of drug-likeness (QED) is 0.0246. The van der Waals surface area contributed by atoms with Crippen LogP contribution in [0.4, 0.5) is 0 Å². The van der Waals surface area contributed by atoms with Crippen molar-refractivity contribution in [2.75, 3.05) is 6.61 Å². The standard InChI is InChI=1S/C54H97NO5/c1-4-7-10-13-16-19-21-23-25-26-28-29-31-34-37-40-43-46-52(57)51(49-56)55-53(58)48-50(45-42-39-36-33-18-15-12-9-6-3)60-54(59)47-44-41-38-35-32-30-27-24-22-20-17-14-11-8-5-2/h8,11,14-15,17-18,20,22,24,27,50-52,56-57H,4-7,9-10,12-13,16,19,21,23,25-26,28-49H2,1-3H3,(H,55,58)/b11-8+,17-14+,18-15-,22-20+,27-24-. The molecule has 60 heavy (non-hydrogen) atoms. The van der Waals surface area contributed by atoms with E-state index in [0.29, 0.717) is 19.3 Å². The number of unbranched alkanes of at least 4 members (excludes halogenated alkanes) is 26. The highest BCUT2D eigenvalue weighted by molar-refractivity contribution is 5.77. The summed E-state index contributed by atoms with van der Waals surface area (Å²) < 4.78 is 5.89. The van der Waals surface area contributed by atoms with Gasteiger partial charge in [-0.05, 0) is 64.2 Å². The second kappa shape index (κ2) is 47.6. The summed E-state index contributed by atoms with van der Waals surface area (Å²) in [6, 6.07) is -0.712. The van der Waals surface area contributed by atoms with E-state index in [1.165, 1.54) is 103 Å². The van der Waals surface area contributed by atoms with Crippen LogP contribution in [0.25, 0.3) is 0 Å². The predicted octanol–water partition coefficient (Wildman–Crippen LogP) is 15.2. The summed E-state index contributed by atoms with van der Waals surface area (Å²) in [7, 11) is 0. The van der Waals surface area contributed by atoms with Crippen molar-refractivity contribution in [3.8, 4) is 0 Å². The third kappa shape index (κ3) is 42.3. The lowest BCUT2D eigenvalue weighted by Crippen LogP contribution is -2.46. The molecule has 3 N–H and O–H groups in total. The van der Waals surface area contributed by atoms with Crippen LogP contribution >= 0.6 is 0 Å². The summed E-state index contributed by atoms with van der Waals surface area (Å²) in [5, 5.41) is 23.7. The fraction of sp³-hybridized carbons (Fsp3) is 0.778. The Kier molecular flexibility index (Phi) is 45.7. The molecule has 1 amide bonds. The third-order valence-corrected chi connectivity index (χ3v) is 11.4. The van der Waals surface area contributed by atoms with Gasteiger partial charge >= 0.3 is 5.97 Å². The van der Waals surface area contributed by atoms with Crippen molar-refractivity contribution in [1.29, 1.82) is 0 Å². The van der Waals surface area contributed by atoms with E-state index in [1.54, 1.807) is 0 Å². The van der Waals surface area contributed by atoms with Crippen molar-refractivity contribution in [2.24, 2.45) is 0 Å². The highest BCUT2D eigenvalue weighted by Crippen LogP contribution is 2.18. The Morgan fingerprint density at radius 1 is 0.500 bits per heavy atom. The molecule has 0 aliphatic heterocycles. The number of aliphatic hydroxyl groups excluding tert-OH is 2. The summed E-state index contributed by atoms with van der Waals surface area (Å²) in [5.41, 5.74) is 0. The molecule has 0 aromatic heterocycles. The first kappa shape index (κ1) is 57.6. The maximum absolute atomic E-state index is 13.2. The molecule has 0 heterocycles. The largest absolute Gasteiger partial charge is 0.462 e. The maximum Gasteiger partial charge on any atom is 0.306 e. The van der Waals surface area contributed by atoms with Crippen LogP contribution in [0.2, 0.25) is 0 Å². The van der Waals surface area contributed by atoms with Crippen molar-refractivity contribution in [2.45, 2.75) is 264 Å². The molecule has 0 saturated carbocycles. The molecule has 0 spiro atoms. The number of hydrogen-bond donors (Lipinski definition) is 3. The zero-order valence-corrected chi connectivity index (χ0v) is 39.6. The zero-order valence-electron chi connectivity index (χ0n) is 39.6. The number of ether oxygens (including phenoxy) is 1. The number of nitrogens with one attached hydrogen (secondary N) is 1. The molecule has 348 valence electrons. The van der Waals surface area contributed by atoms with Crippen LogP contribution in [0, 0.1) is 0 Å². The first-order chi connectivity index (χ1) is 29.5. The van der Waals surface area contributed by atoms with Gasteiger partial charge in [0, 0.05) is 6.42 Å². The van der Waals surface area contributed by atoms with Gasteiger partial charge in [0.05, 0.1) is 25.2 Å². The third-order valence-electron chi connectivity index (χ3n) is 11.4. The summed E-state index contributed by atoms with van der Waals surface area (Å²) in [4.78, 5) is 26.0. The SMILES string of the molecule is CC/C=C/C=C/C=C/C=C\CCCCCCCC(=O)OC(CCCCC/C=C\CCCC)CC(=O)NC(CO)C(O)CCCCCCCCCCCCCCCCCCC. The summed E-state index contributed by atoms with van der Waals surface area (Å²) in [6.07, 6.45) is 58.6. The number of esters is 1. The van der Waals surface area contributed by atoms with E-state index in [0.717, 1.165) is 96.3 Å². The van der Waals surface area contributed by atoms with Crippen LogP contribution in [-0.2, 0) is 14.3 Å². The van der Waals surface area contributed by atoms with E-state index in [2.05, 4.69) is 68.6 Å². The molecule has 0 aliphatic carbocycles. The lowest BCUT2D eigenvalue weighted by molar-refractivity contribution is -0.151. The minimum Gasteiger partial charge on any atom is -0.462 e. The van der Waals surface area contributed by atoms with E-state index in [4.69, 9.17) is 4.74 Å².